The molecule has 0 aliphatic heterocycles. The molecule has 0 N–H and O–H groups in total. The van der Waals surface area contributed by atoms with Gasteiger partial charge in [-0.05, 0) is 30.5 Å². The van der Waals surface area contributed by atoms with E-state index in [-0.39, 0.29) is 0 Å². The van der Waals surface area contributed by atoms with Crippen molar-refractivity contribution in [3.05, 3.63) is 35.7 Å². The molecule has 2 heteroatoms. The van der Waals surface area contributed by atoms with Gasteiger partial charge in [-0.15, -0.1) is 0 Å². The molecule has 0 aliphatic rings. The first kappa shape index (κ1) is 8.17. The second kappa shape index (κ2) is 3.13. The maximum absolute atomic E-state index is 4.35. The zero-order chi connectivity index (χ0) is 9.26. The van der Waals surface area contributed by atoms with E-state index in [1.807, 2.05) is 6.07 Å². The van der Waals surface area contributed by atoms with E-state index in [1.165, 1.54) is 11.1 Å². The standard InChI is InChI=1S/C11H12N2/c1-3-9-8(2)4-5-10-11(9)13-7-6-12-10/h4-7H,3H2,1-2H3. The topological polar surface area (TPSA) is 25.8 Å². The summed E-state index contributed by atoms with van der Waals surface area (Å²) in [5, 5.41) is 0. The molecule has 0 aliphatic carbocycles. The minimum Gasteiger partial charge on any atom is -0.253 e. The van der Waals surface area contributed by atoms with Crippen LogP contribution in [0.15, 0.2) is 24.5 Å². The molecule has 0 radical (unpaired) electrons. The lowest BCUT2D eigenvalue weighted by Gasteiger charge is -2.05. The normalized spacial score (nSPS) is 10.6. The van der Waals surface area contributed by atoms with Gasteiger partial charge in [0.25, 0.3) is 0 Å². The van der Waals surface area contributed by atoms with Gasteiger partial charge in [-0.2, -0.15) is 0 Å². The molecule has 0 unspecified atom stereocenters. The summed E-state index contributed by atoms with van der Waals surface area (Å²) in [6, 6.07) is 4.13. The predicted molar refractivity (Wildman–Crippen MR) is 53.7 cm³/mol. The van der Waals surface area contributed by atoms with Crippen LogP contribution in [0.3, 0.4) is 0 Å². The van der Waals surface area contributed by atoms with Crippen molar-refractivity contribution in [3.63, 3.8) is 0 Å². The summed E-state index contributed by atoms with van der Waals surface area (Å²) in [7, 11) is 0. The van der Waals surface area contributed by atoms with E-state index in [1.54, 1.807) is 12.4 Å². The summed E-state index contributed by atoms with van der Waals surface area (Å²) in [6.07, 6.45) is 4.50. The molecule has 0 fully saturated rings. The molecule has 2 aromatic rings. The van der Waals surface area contributed by atoms with E-state index in [0.29, 0.717) is 0 Å². The Morgan fingerprint density at radius 1 is 1.15 bits per heavy atom. The van der Waals surface area contributed by atoms with Crippen LogP contribution in [0.4, 0.5) is 0 Å². The fraction of sp³-hybridized carbons (Fsp3) is 0.273. The Morgan fingerprint density at radius 3 is 2.69 bits per heavy atom. The van der Waals surface area contributed by atoms with Crippen LogP contribution in [0.1, 0.15) is 18.1 Å². The van der Waals surface area contributed by atoms with Crippen molar-refractivity contribution in [1.82, 2.24) is 9.97 Å². The highest BCUT2D eigenvalue weighted by molar-refractivity contribution is 5.78. The molecular weight excluding hydrogens is 160 g/mol. The first-order valence-corrected chi connectivity index (χ1v) is 4.52. The highest BCUT2D eigenvalue weighted by Crippen LogP contribution is 2.18. The summed E-state index contributed by atoms with van der Waals surface area (Å²) >= 11 is 0. The van der Waals surface area contributed by atoms with E-state index in [4.69, 9.17) is 0 Å². The van der Waals surface area contributed by atoms with Crippen molar-refractivity contribution in [2.75, 3.05) is 0 Å². The third kappa shape index (κ3) is 1.28. The number of aryl methyl sites for hydroxylation is 2. The summed E-state index contributed by atoms with van der Waals surface area (Å²) in [4.78, 5) is 8.62. The van der Waals surface area contributed by atoms with E-state index < -0.39 is 0 Å². The molecule has 2 rings (SSSR count). The van der Waals surface area contributed by atoms with Crippen molar-refractivity contribution in [3.8, 4) is 0 Å². The number of hydrogen-bond donors (Lipinski definition) is 0. The summed E-state index contributed by atoms with van der Waals surface area (Å²) in [5.41, 5.74) is 4.65. The van der Waals surface area contributed by atoms with Gasteiger partial charge in [0.2, 0.25) is 0 Å². The Balaban J connectivity index is 2.84. The van der Waals surface area contributed by atoms with Gasteiger partial charge >= 0.3 is 0 Å². The van der Waals surface area contributed by atoms with Gasteiger partial charge in [0.05, 0.1) is 11.0 Å². The van der Waals surface area contributed by atoms with E-state index >= 15 is 0 Å². The Bertz CT molecular complexity index is 435. The molecule has 0 bridgehead atoms. The SMILES string of the molecule is CCc1c(C)ccc2nccnc12. The fourth-order valence-corrected chi connectivity index (χ4v) is 1.64. The molecule has 0 saturated heterocycles. The van der Waals surface area contributed by atoms with Crippen molar-refractivity contribution in [1.29, 1.82) is 0 Å². The molecule has 0 spiro atoms. The van der Waals surface area contributed by atoms with Gasteiger partial charge in [-0.1, -0.05) is 13.0 Å². The first-order valence-electron chi connectivity index (χ1n) is 4.52. The number of aromatic nitrogens is 2. The quantitative estimate of drug-likeness (QED) is 0.660. The fourth-order valence-electron chi connectivity index (χ4n) is 1.64. The maximum atomic E-state index is 4.35. The first-order chi connectivity index (χ1) is 6.33. The molecule has 66 valence electrons. The van der Waals surface area contributed by atoms with E-state index in [0.717, 1.165) is 17.5 Å². The predicted octanol–water partition coefficient (Wildman–Crippen LogP) is 2.50. The van der Waals surface area contributed by atoms with Crippen molar-refractivity contribution < 1.29 is 0 Å². The lowest BCUT2D eigenvalue weighted by atomic mass is 10.0. The molecule has 1 aromatic heterocycles. The number of hydrogen-bond acceptors (Lipinski definition) is 2. The Labute approximate surface area is 77.6 Å². The van der Waals surface area contributed by atoms with Crippen LogP contribution in [-0.2, 0) is 6.42 Å². The second-order valence-electron chi connectivity index (χ2n) is 3.14. The lowest BCUT2D eigenvalue weighted by Crippen LogP contribution is -1.92. The van der Waals surface area contributed by atoms with Crippen LogP contribution >= 0.6 is 0 Å². The van der Waals surface area contributed by atoms with Gasteiger partial charge in [0, 0.05) is 12.4 Å². The van der Waals surface area contributed by atoms with Gasteiger partial charge in [-0.3, -0.25) is 9.97 Å². The minimum atomic E-state index is 0.991. The average molecular weight is 172 g/mol. The number of fused-ring (bicyclic) bond motifs is 1. The smallest absolute Gasteiger partial charge is 0.0921 e. The van der Waals surface area contributed by atoms with Gasteiger partial charge in [-0.25, -0.2) is 0 Å². The minimum absolute atomic E-state index is 0.991. The Morgan fingerprint density at radius 2 is 1.92 bits per heavy atom. The maximum Gasteiger partial charge on any atom is 0.0921 e. The van der Waals surface area contributed by atoms with Gasteiger partial charge in [0.15, 0.2) is 0 Å². The van der Waals surface area contributed by atoms with Crippen molar-refractivity contribution in [2.45, 2.75) is 20.3 Å². The molecule has 13 heavy (non-hydrogen) atoms. The van der Waals surface area contributed by atoms with Crippen LogP contribution in [0.5, 0.6) is 0 Å². The van der Waals surface area contributed by atoms with Crippen LogP contribution in [0.2, 0.25) is 0 Å². The van der Waals surface area contributed by atoms with Crippen LogP contribution in [0.25, 0.3) is 11.0 Å². The van der Waals surface area contributed by atoms with E-state index in [9.17, 15) is 0 Å². The third-order valence-corrected chi connectivity index (χ3v) is 2.33. The zero-order valence-corrected chi connectivity index (χ0v) is 7.91. The lowest BCUT2D eigenvalue weighted by molar-refractivity contribution is 1.11. The highest BCUT2D eigenvalue weighted by Gasteiger charge is 2.03. The molecule has 1 aromatic carbocycles. The largest absolute Gasteiger partial charge is 0.253 e. The van der Waals surface area contributed by atoms with Crippen molar-refractivity contribution >= 4 is 11.0 Å². The Hall–Kier alpha value is -1.44. The molecule has 1 heterocycles. The molecular formula is C11H12N2. The van der Waals surface area contributed by atoms with Crippen molar-refractivity contribution in [2.24, 2.45) is 0 Å². The zero-order valence-electron chi connectivity index (χ0n) is 7.91. The van der Waals surface area contributed by atoms with Crippen LogP contribution in [-0.4, -0.2) is 9.97 Å². The summed E-state index contributed by atoms with van der Waals surface area (Å²) in [5.74, 6) is 0. The highest BCUT2D eigenvalue weighted by atomic mass is 14.8. The van der Waals surface area contributed by atoms with Crippen LogP contribution < -0.4 is 0 Å². The van der Waals surface area contributed by atoms with Crippen LogP contribution in [0, 0.1) is 6.92 Å². The van der Waals surface area contributed by atoms with E-state index in [2.05, 4.69) is 29.9 Å². The molecule has 0 atom stereocenters. The Kier molecular flexibility index (Phi) is 1.97. The number of nitrogens with zero attached hydrogens (tertiary/aromatic N) is 2. The third-order valence-electron chi connectivity index (χ3n) is 2.33. The monoisotopic (exact) mass is 172 g/mol. The van der Waals surface area contributed by atoms with Gasteiger partial charge < -0.3 is 0 Å². The molecule has 0 saturated carbocycles. The molecule has 2 nitrogen and oxygen atoms in total. The van der Waals surface area contributed by atoms with Gasteiger partial charge in [0.1, 0.15) is 0 Å². The number of benzene rings is 1. The second-order valence-corrected chi connectivity index (χ2v) is 3.14. The summed E-state index contributed by atoms with van der Waals surface area (Å²) < 4.78 is 0. The summed E-state index contributed by atoms with van der Waals surface area (Å²) in [6.45, 7) is 4.27. The average Bonchev–Trinajstić information content (AvgIpc) is 2.18. The molecule has 0 amide bonds. The number of rotatable bonds is 1.